The highest BCUT2D eigenvalue weighted by Crippen LogP contribution is 2.39. The largest absolute Gasteiger partial charge is 0.497 e. The minimum absolute atomic E-state index is 0.0239. The fourth-order valence-electron chi connectivity index (χ4n) is 4.32. The Hall–Kier alpha value is -1.83. The normalized spacial score (nSPS) is 24.3. The molecule has 2 atom stereocenters. The molecule has 3 rings (SSSR count). The lowest BCUT2D eigenvalue weighted by molar-refractivity contribution is -0.194. The molecule has 1 aromatic rings. The minimum Gasteiger partial charge on any atom is -0.497 e. The number of hydrogen-bond acceptors (Lipinski definition) is 5. The van der Waals surface area contributed by atoms with Crippen molar-refractivity contribution in [3.05, 3.63) is 29.8 Å². The van der Waals surface area contributed by atoms with Crippen molar-refractivity contribution in [2.45, 2.75) is 70.0 Å². The van der Waals surface area contributed by atoms with Gasteiger partial charge in [0.15, 0.2) is 5.79 Å². The summed E-state index contributed by atoms with van der Waals surface area (Å²) >= 11 is 0. The summed E-state index contributed by atoms with van der Waals surface area (Å²) in [6, 6.07) is 7.70. The van der Waals surface area contributed by atoms with Gasteiger partial charge in [-0.05, 0) is 44.9 Å². The molecule has 0 radical (unpaired) electrons. The van der Waals surface area contributed by atoms with E-state index in [2.05, 4.69) is 5.32 Å². The van der Waals surface area contributed by atoms with Crippen LogP contribution in [0.4, 0.5) is 4.79 Å². The molecule has 0 unspecified atom stereocenters. The second kappa shape index (κ2) is 8.27. The molecule has 2 N–H and O–H groups in total. The van der Waals surface area contributed by atoms with E-state index < -0.39 is 17.4 Å². The molecule has 0 bridgehead atoms. The van der Waals surface area contributed by atoms with E-state index in [4.69, 9.17) is 14.2 Å². The van der Waals surface area contributed by atoms with Crippen LogP contribution in [-0.4, -0.2) is 59.8 Å². The second-order valence-electron chi connectivity index (χ2n) is 8.58. The number of nitrogens with zero attached hydrogens (tertiary/aromatic N) is 1. The van der Waals surface area contributed by atoms with Gasteiger partial charge < -0.3 is 24.6 Å². The third kappa shape index (κ3) is 4.59. The number of amides is 1. The topological polar surface area (TPSA) is 80.3 Å². The molecule has 1 aromatic carbocycles. The zero-order valence-electron chi connectivity index (χ0n) is 17.2. The summed E-state index contributed by atoms with van der Waals surface area (Å²) in [5.41, 5.74) is 0.610. The van der Waals surface area contributed by atoms with Crippen LogP contribution in [0.5, 0.6) is 5.75 Å². The molecule has 1 spiro atoms. The average molecular weight is 392 g/mol. The van der Waals surface area contributed by atoms with Crippen LogP contribution in [0, 0.1) is 0 Å². The van der Waals surface area contributed by atoms with E-state index >= 15 is 0 Å². The predicted octanol–water partition coefficient (Wildman–Crippen LogP) is 3.23. The molecule has 1 saturated heterocycles. The summed E-state index contributed by atoms with van der Waals surface area (Å²) in [6.07, 6.45) is 1.18. The Bertz CT molecular complexity index is 664. The van der Waals surface area contributed by atoms with Gasteiger partial charge in [-0.3, -0.25) is 4.90 Å². The number of carbonyl (C=O) groups is 1. The van der Waals surface area contributed by atoms with Gasteiger partial charge in [-0.15, -0.1) is 0 Å². The Morgan fingerprint density at radius 2 is 1.93 bits per heavy atom. The van der Waals surface area contributed by atoms with Gasteiger partial charge in [0.25, 0.3) is 0 Å². The van der Waals surface area contributed by atoms with E-state index in [1.54, 1.807) is 12.0 Å². The van der Waals surface area contributed by atoms with E-state index in [1.807, 2.05) is 45.0 Å². The molecule has 1 heterocycles. The smallest absolute Gasteiger partial charge is 0.408 e. The maximum absolute atomic E-state index is 12.1. The zero-order chi connectivity index (χ0) is 20.4. The molecule has 1 aliphatic heterocycles. The van der Waals surface area contributed by atoms with Crippen LogP contribution < -0.4 is 10.1 Å². The van der Waals surface area contributed by atoms with Crippen molar-refractivity contribution in [2.75, 3.05) is 20.3 Å². The van der Waals surface area contributed by atoms with E-state index in [0.29, 0.717) is 26.2 Å². The van der Waals surface area contributed by atoms with Crippen molar-refractivity contribution >= 4 is 6.09 Å². The van der Waals surface area contributed by atoms with Gasteiger partial charge in [-0.2, -0.15) is 0 Å². The van der Waals surface area contributed by atoms with Crippen LogP contribution in [0.2, 0.25) is 0 Å². The summed E-state index contributed by atoms with van der Waals surface area (Å²) < 4.78 is 17.0. The van der Waals surface area contributed by atoms with Crippen molar-refractivity contribution in [1.29, 1.82) is 0 Å². The number of nitrogens with one attached hydrogen (secondary N) is 1. The lowest BCUT2D eigenvalue weighted by Crippen LogP contribution is -2.63. The number of hydrogen-bond donors (Lipinski definition) is 2. The predicted molar refractivity (Wildman–Crippen MR) is 106 cm³/mol. The van der Waals surface area contributed by atoms with Crippen molar-refractivity contribution in [3.63, 3.8) is 0 Å². The SMILES string of the molecule is COc1ccc(CN[C@@H]2CCC3(C[C@H]2N(C(=O)O)C(C)(C)C)OCCO3)cc1. The molecular formula is C21H32N2O5. The Morgan fingerprint density at radius 1 is 1.29 bits per heavy atom. The van der Waals surface area contributed by atoms with E-state index in [9.17, 15) is 9.90 Å². The first kappa shape index (κ1) is 20.9. The molecule has 2 aliphatic rings. The Kier molecular flexibility index (Phi) is 6.17. The summed E-state index contributed by atoms with van der Waals surface area (Å²) in [5.74, 6) is 0.170. The summed E-state index contributed by atoms with van der Waals surface area (Å²) in [7, 11) is 1.65. The van der Waals surface area contributed by atoms with Crippen LogP contribution in [0.25, 0.3) is 0 Å². The second-order valence-corrected chi connectivity index (χ2v) is 8.58. The van der Waals surface area contributed by atoms with Gasteiger partial charge in [-0.1, -0.05) is 12.1 Å². The number of methoxy groups -OCH3 is 1. The minimum atomic E-state index is -0.913. The summed E-state index contributed by atoms with van der Waals surface area (Å²) in [6.45, 7) is 7.59. The first-order chi connectivity index (χ1) is 13.2. The highest BCUT2D eigenvalue weighted by molar-refractivity contribution is 5.66. The molecule has 7 nitrogen and oxygen atoms in total. The first-order valence-corrected chi connectivity index (χ1v) is 9.91. The highest BCUT2D eigenvalue weighted by atomic mass is 16.7. The van der Waals surface area contributed by atoms with E-state index in [0.717, 1.165) is 24.2 Å². The maximum atomic E-state index is 12.1. The monoisotopic (exact) mass is 392 g/mol. The molecule has 28 heavy (non-hydrogen) atoms. The molecule has 0 aromatic heterocycles. The lowest BCUT2D eigenvalue weighted by Gasteiger charge is -2.49. The zero-order valence-corrected chi connectivity index (χ0v) is 17.2. The number of rotatable bonds is 5. The Morgan fingerprint density at radius 3 is 2.46 bits per heavy atom. The number of benzene rings is 1. The first-order valence-electron chi connectivity index (χ1n) is 9.91. The lowest BCUT2D eigenvalue weighted by atomic mass is 9.82. The van der Waals surface area contributed by atoms with E-state index in [1.165, 1.54) is 0 Å². The average Bonchev–Trinajstić information content (AvgIpc) is 3.08. The van der Waals surface area contributed by atoms with Gasteiger partial charge >= 0.3 is 6.09 Å². The van der Waals surface area contributed by atoms with Crippen molar-refractivity contribution in [1.82, 2.24) is 10.2 Å². The Labute approximate surface area is 166 Å². The van der Waals surface area contributed by atoms with Crippen LogP contribution in [-0.2, 0) is 16.0 Å². The quantitative estimate of drug-likeness (QED) is 0.801. The van der Waals surface area contributed by atoms with Gasteiger partial charge in [0.2, 0.25) is 0 Å². The van der Waals surface area contributed by atoms with Crippen LogP contribution in [0.1, 0.15) is 45.6 Å². The van der Waals surface area contributed by atoms with Crippen LogP contribution in [0.3, 0.4) is 0 Å². The number of carboxylic acid groups (broad SMARTS) is 1. The van der Waals surface area contributed by atoms with Crippen molar-refractivity contribution in [2.24, 2.45) is 0 Å². The molecule has 2 fully saturated rings. The van der Waals surface area contributed by atoms with Gasteiger partial charge in [0.1, 0.15) is 5.75 Å². The fraction of sp³-hybridized carbons (Fsp3) is 0.667. The molecule has 7 heteroatoms. The van der Waals surface area contributed by atoms with Gasteiger partial charge in [0.05, 0.1) is 26.4 Å². The highest BCUT2D eigenvalue weighted by Gasteiger charge is 2.49. The maximum Gasteiger partial charge on any atom is 0.408 e. The number of ether oxygens (including phenoxy) is 3. The fourth-order valence-corrected chi connectivity index (χ4v) is 4.32. The molecule has 1 aliphatic carbocycles. The third-order valence-corrected chi connectivity index (χ3v) is 5.62. The molecule has 1 amide bonds. The van der Waals surface area contributed by atoms with Crippen molar-refractivity contribution < 1.29 is 24.1 Å². The molecular weight excluding hydrogens is 360 g/mol. The summed E-state index contributed by atoms with van der Waals surface area (Å²) in [4.78, 5) is 13.7. The van der Waals surface area contributed by atoms with Gasteiger partial charge in [-0.25, -0.2) is 4.79 Å². The molecule has 156 valence electrons. The van der Waals surface area contributed by atoms with Crippen LogP contribution >= 0.6 is 0 Å². The van der Waals surface area contributed by atoms with Crippen LogP contribution in [0.15, 0.2) is 24.3 Å². The Balaban J connectivity index is 1.77. The molecule has 1 saturated carbocycles. The van der Waals surface area contributed by atoms with Gasteiger partial charge in [0, 0.05) is 31.0 Å². The summed E-state index contributed by atoms with van der Waals surface area (Å²) in [5, 5.41) is 13.5. The van der Waals surface area contributed by atoms with E-state index in [-0.39, 0.29) is 12.1 Å². The van der Waals surface area contributed by atoms with Crippen molar-refractivity contribution in [3.8, 4) is 5.75 Å². The third-order valence-electron chi connectivity index (χ3n) is 5.62. The standard InChI is InChI=1S/C21H32N2O5/c1-20(2,3)23(19(24)25)18-13-21(27-11-12-28-21)10-9-17(18)22-14-15-5-7-16(26-4)8-6-15/h5-8,17-18,22H,9-14H2,1-4H3,(H,24,25)/t17-,18-/m1/s1.